The third-order valence-electron chi connectivity index (χ3n) is 4.90. The third-order valence-corrected chi connectivity index (χ3v) is 8.15. The van der Waals surface area contributed by atoms with E-state index in [0.29, 0.717) is 18.0 Å². The van der Waals surface area contributed by atoms with E-state index in [2.05, 4.69) is 0 Å². The van der Waals surface area contributed by atoms with Crippen molar-refractivity contribution in [3.8, 4) is 5.75 Å². The van der Waals surface area contributed by atoms with Gasteiger partial charge in [0.15, 0.2) is 0 Å². The molecule has 6 heteroatoms. The molecule has 150 valence electrons. The van der Waals surface area contributed by atoms with Crippen molar-refractivity contribution in [3.63, 3.8) is 0 Å². The number of sulfonamides is 1. The second-order valence-corrected chi connectivity index (χ2v) is 10.0. The lowest BCUT2D eigenvalue weighted by molar-refractivity contribution is 0.298. The van der Waals surface area contributed by atoms with Gasteiger partial charge in [0.1, 0.15) is 12.4 Å². The van der Waals surface area contributed by atoms with Crippen LogP contribution in [0.25, 0.3) is 0 Å². The van der Waals surface area contributed by atoms with Crippen LogP contribution >= 0.6 is 11.8 Å². The Morgan fingerprint density at radius 2 is 1.66 bits per heavy atom. The molecule has 0 N–H and O–H groups in total. The van der Waals surface area contributed by atoms with Gasteiger partial charge in [-0.2, -0.15) is 4.31 Å². The summed E-state index contributed by atoms with van der Waals surface area (Å²) in [5, 5.41) is -0.298. The molecular formula is C23H23NO3S2. The summed E-state index contributed by atoms with van der Waals surface area (Å²) in [5.41, 5.74) is 3.00. The second-order valence-electron chi connectivity index (χ2n) is 6.96. The molecular weight excluding hydrogens is 402 g/mol. The number of thioether (sulfide) groups is 1. The predicted octanol–water partition coefficient (Wildman–Crippen LogP) is 5.01. The highest BCUT2D eigenvalue weighted by Gasteiger charge is 2.38. The van der Waals surface area contributed by atoms with Crippen LogP contribution in [-0.2, 0) is 16.6 Å². The van der Waals surface area contributed by atoms with Crippen molar-refractivity contribution in [2.75, 3.05) is 12.3 Å². The number of para-hydroxylation sites is 1. The van der Waals surface area contributed by atoms with Crippen LogP contribution < -0.4 is 4.74 Å². The molecule has 0 aliphatic carbocycles. The smallest absolute Gasteiger partial charge is 0.244 e. The normalized spacial score (nSPS) is 17.3. The first kappa shape index (κ1) is 20.0. The van der Waals surface area contributed by atoms with Crippen molar-refractivity contribution >= 4 is 21.8 Å². The highest BCUT2D eigenvalue weighted by molar-refractivity contribution is 8.01. The summed E-state index contributed by atoms with van der Waals surface area (Å²) >= 11 is 1.63. The van der Waals surface area contributed by atoms with Crippen LogP contribution in [0.3, 0.4) is 0 Å². The molecule has 1 fully saturated rings. The lowest BCUT2D eigenvalue weighted by Crippen LogP contribution is -2.30. The predicted molar refractivity (Wildman–Crippen MR) is 117 cm³/mol. The van der Waals surface area contributed by atoms with Crippen molar-refractivity contribution in [1.29, 1.82) is 0 Å². The van der Waals surface area contributed by atoms with Crippen LogP contribution in [0, 0.1) is 6.92 Å². The zero-order valence-electron chi connectivity index (χ0n) is 16.2. The van der Waals surface area contributed by atoms with Gasteiger partial charge in [-0.15, -0.1) is 11.8 Å². The van der Waals surface area contributed by atoms with Crippen LogP contribution in [0.1, 0.15) is 22.1 Å². The summed E-state index contributed by atoms with van der Waals surface area (Å²) in [6.07, 6.45) is 0. The Morgan fingerprint density at radius 3 is 2.41 bits per heavy atom. The Labute approximate surface area is 176 Å². The topological polar surface area (TPSA) is 46.6 Å². The summed E-state index contributed by atoms with van der Waals surface area (Å²) in [5.74, 6) is 1.47. The van der Waals surface area contributed by atoms with Gasteiger partial charge in [0, 0.05) is 17.9 Å². The molecule has 1 saturated heterocycles. The summed E-state index contributed by atoms with van der Waals surface area (Å²) in [6.45, 7) is 2.88. The standard InChI is InChI=1S/C23H23NO3S2/c1-18-11-13-20(14-12-18)29(25,26)24-15-16-28-23(24)21-9-5-6-10-22(21)27-17-19-7-3-2-4-8-19/h2-14,23H,15-17H2,1H3. The average molecular weight is 426 g/mol. The minimum atomic E-state index is -3.58. The van der Waals surface area contributed by atoms with Crippen molar-refractivity contribution < 1.29 is 13.2 Å². The molecule has 0 amide bonds. The Balaban J connectivity index is 1.61. The monoisotopic (exact) mass is 425 g/mol. The molecule has 1 aliphatic rings. The first-order valence-electron chi connectivity index (χ1n) is 9.51. The largest absolute Gasteiger partial charge is 0.489 e. The molecule has 29 heavy (non-hydrogen) atoms. The molecule has 3 aromatic carbocycles. The molecule has 4 rings (SSSR count). The molecule has 1 heterocycles. The number of rotatable bonds is 6. The van der Waals surface area contributed by atoms with E-state index in [4.69, 9.17) is 4.74 Å². The van der Waals surface area contributed by atoms with E-state index >= 15 is 0 Å². The minimum absolute atomic E-state index is 0.298. The van der Waals surface area contributed by atoms with Gasteiger partial charge in [-0.3, -0.25) is 0 Å². The van der Waals surface area contributed by atoms with Gasteiger partial charge in [-0.05, 0) is 30.7 Å². The first-order valence-corrected chi connectivity index (χ1v) is 12.0. The number of hydrogen-bond acceptors (Lipinski definition) is 4. The summed E-state index contributed by atoms with van der Waals surface area (Å²) in [6, 6.07) is 24.7. The van der Waals surface area contributed by atoms with Crippen LogP contribution in [0.15, 0.2) is 83.8 Å². The van der Waals surface area contributed by atoms with Gasteiger partial charge in [0.2, 0.25) is 10.0 Å². The van der Waals surface area contributed by atoms with Crippen LogP contribution in [0.2, 0.25) is 0 Å². The van der Waals surface area contributed by atoms with Crippen molar-refractivity contribution in [3.05, 3.63) is 95.6 Å². The Kier molecular flexibility index (Phi) is 5.94. The van der Waals surface area contributed by atoms with E-state index in [1.165, 1.54) is 0 Å². The highest BCUT2D eigenvalue weighted by Crippen LogP contribution is 2.44. The summed E-state index contributed by atoms with van der Waals surface area (Å²) in [4.78, 5) is 0.332. The van der Waals surface area contributed by atoms with Gasteiger partial charge in [-0.1, -0.05) is 66.2 Å². The number of aryl methyl sites for hydroxylation is 1. The molecule has 4 nitrogen and oxygen atoms in total. The SMILES string of the molecule is Cc1ccc(S(=O)(=O)N2CCSC2c2ccccc2OCc2ccccc2)cc1. The van der Waals surface area contributed by atoms with E-state index in [0.717, 1.165) is 28.2 Å². The quantitative estimate of drug-likeness (QED) is 0.557. The fraction of sp³-hybridized carbons (Fsp3) is 0.217. The summed E-state index contributed by atoms with van der Waals surface area (Å²) < 4.78 is 34.3. The van der Waals surface area contributed by atoms with E-state index in [9.17, 15) is 8.42 Å². The number of ether oxygens (including phenoxy) is 1. The van der Waals surface area contributed by atoms with E-state index < -0.39 is 10.0 Å². The lowest BCUT2D eigenvalue weighted by atomic mass is 10.2. The lowest BCUT2D eigenvalue weighted by Gasteiger charge is -2.25. The highest BCUT2D eigenvalue weighted by atomic mass is 32.2. The molecule has 0 aromatic heterocycles. The third kappa shape index (κ3) is 4.34. The molecule has 1 aliphatic heterocycles. The second kappa shape index (κ2) is 8.61. The molecule has 0 saturated carbocycles. The van der Waals surface area contributed by atoms with E-state index in [1.807, 2.05) is 73.7 Å². The van der Waals surface area contributed by atoms with Gasteiger partial charge in [0.25, 0.3) is 0 Å². The summed E-state index contributed by atoms with van der Waals surface area (Å²) in [7, 11) is -3.58. The molecule has 1 atom stereocenters. The fourth-order valence-corrected chi connectivity index (χ4v) is 6.60. The van der Waals surface area contributed by atoms with E-state index in [1.54, 1.807) is 28.2 Å². The molecule has 0 radical (unpaired) electrons. The molecule has 3 aromatic rings. The Morgan fingerprint density at radius 1 is 0.966 bits per heavy atom. The van der Waals surface area contributed by atoms with Crippen molar-refractivity contribution in [2.24, 2.45) is 0 Å². The van der Waals surface area contributed by atoms with Gasteiger partial charge < -0.3 is 4.74 Å². The minimum Gasteiger partial charge on any atom is -0.489 e. The van der Waals surface area contributed by atoms with Crippen LogP contribution in [-0.4, -0.2) is 25.0 Å². The zero-order valence-corrected chi connectivity index (χ0v) is 17.8. The fourth-order valence-electron chi connectivity index (χ4n) is 3.34. The first-order chi connectivity index (χ1) is 14.1. The Hall–Kier alpha value is -2.28. The average Bonchev–Trinajstić information content (AvgIpc) is 3.24. The van der Waals surface area contributed by atoms with Crippen LogP contribution in [0.4, 0.5) is 0 Å². The number of nitrogens with zero attached hydrogens (tertiary/aromatic N) is 1. The van der Waals surface area contributed by atoms with E-state index in [-0.39, 0.29) is 5.37 Å². The van der Waals surface area contributed by atoms with Crippen molar-refractivity contribution in [2.45, 2.75) is 23.8 Å². The zero-order chi connectivity index (χ0) is 20.3. The van der Waals surface area contributed by atoms with Crippen molar-refractivity contribution in [1.82, 2.24) is 4.31 Å². The van der Waals surface area contributed by atoms with Gasteiger partial charge in [-0.25, -0.2) is 8.42 Å². The number of benzene rings is 3. The van der Waals surface area contributed by atoms with Gasteiger partial charge >= 0.3 is 0 Å². The van der Waals surface area contributed by atoms with Gasteiger partial charge in [0.05, 0.1) is 10.3 Å². The maximum Gasteiger partial charge on any atom is 0.244 e. The maximum atomic E-state index is 13.3. The number of hydrogen-bond donors (Lipinski definition) is 0. The Bertz CT molecular complexity index is 1070. The molecule has 0 spiro atoms. The molecule has 1 unspecified atom stereocenters. The molecule has 0 bridgehead atoms. The van der Waals surface area contributed by atoms with Crippen LogP contribution in [0.5, 0.6) is 5.75 Å². The maximum absolute atomic E-state index is 13.3.